The number of carboxylic acids is 1. The van der Waals surface area contributed by atoms with Crippen LogP contribution in [0.2, 0.25) is 0 Å². The SMILES string of the molecule is O=C(O)CC1CCCN1Cc1cc(F)c(F)c(F)c1. The lowest BCUT2D eigenvalue weighted by molar-refractivity contribution is -0.138. The Morgan fingerprint density at radius 3 is 2.53 bits per heavy atom. The summed E-state index contributed by atoms with van der Waals surface area (Å²) in [5.41, 5.74) is 0.314. The maximum Gasteiger partial charge on any atom is 0.304 e. The van der Waals surface area contributed by atoms with Crippen LogP contribution in [-0.2, 0) is 11.3 Å². The summed E-state index contributed by atoms with van der Waals surface area (Å²) < 4.78 is 39.0. The zero-order valence-electron chi connectivity index (χ0n) is 10.2. The fourth-order valence-electron chi connectivity index (χ4n) is 2.47. The molecule has 0 saturated carbocycles. The van der Waals surface area contributed by atoms with Crippen LogP contribution in [-0.4, -0.2) is 28.6 Å². The molecular weight excluding hydrogens is 259 g/mol. The van der Waals surface area contributed by atoms with Gasteiger partial charge in [0.15, 0.2) is 17.5 Å². The molecule has 0 spiro atoms. The minimum atomic E-state index is -1.48. The number of hydrogen-bond acceptors (Lipinski definition) is 2. The lowest BCUT2D eigenvalue weighted by atomic mass is 10.1. The van der Waals surface area contributed by atoms with Crippen molar-refractivity contribution in [2.75, 3.05) is 6.54 Å². The van der Waals surface area contributed by atoms with Crippen LogP contribution >= 0.6 is 0 Å². The van der Waals surface area contributed by atoms with Gasteiger partial charge in [0.1, 0.15) is 0 Å². The van der Waals surface area contributed by atoms with Gasteiger partial charge in [-0.25, -0.2) is 13.2 Å². The molecule has 1 aromatic carbocycles. The molecule has 1 aliphatic heterocycles. The van der Waals surface area contributed by atoms with E-state index < -0.39 is 23.4 Å². The van der Waals surface area contributed by atoms with Crippen molar-refractivity contribution in [2.45, 2.75) is 31.8 Å². The van der Waals surface area contributed by atoms with E-state index in [-0.39, 0.29) is 19.0 Å². The van der Waals surface area contributed by atoms with Gasteiger partial charge in [-0.15, -0.1) is 0 Å². The van der Waals surface area contributed by atoms with Gasteiger partial charge in [-0.1, -0.05) is 0 Å². The first-order valence-corrected chi connectivity index (χ1v) is 6.06. The van der Waals surface area contributed by atoms with Crippen LogP contribution in [0.5, 0.6) is 0 Å². The fourth-order valence-corrected chi connectivity index (χ4v) is 2.47. The van der Waals surface area contributed by atoms with Gasteiger partial charge in [-0.2, -0.15) is 0 Å². The molecule has 0 amide bonds. The molecule has 6 heteroatoms. The summed E-state index contributed by atoms with van der Waals surface area (Å²) in [6.07, 6.45) is 1.61. The van der Waals surface area contributed by atoms with Gasteiger partial charge in [-0.05, 0) is 37.1 Å². The highest BCUT2D eigenvalue weighted by Crippen LogP contribution is 2.23. The molecule has 1 atom stereocenters. The van der Waals surface area contributed by atoms with E-state index in [0.29, 0.717) is 12.1 Å². The van der Waals surface area contributed by atoms with Crippen LogP contribution in [0, 0.1) is 17.5 Å². The third kappa shape index (κ3) is 3.26. The molecule has 3 nitrogen and oxygen atoms in total. The summed E-state index contributed by atoms with van der Waals surface area (Å²) >= 11 is 0. The molecule has 1 unspecified atom stereocenters. The molecule has 0 aliphatic carbocycles. The Balaban J connectivity index is 2.10. The number of benzene rings is 1. The van der Waals surface area contributed by atoms with E-state index in [1.807, 2.05) is 4.90 Å². The predicted octanol–water partition coefficient (Wildman–Crippen LogP) is 2.54. The minimum absolute atomic E-state index is 0.00611. The summed E-state index contributed by atoms with van der Waals surface area (Å²) in [7, 11) is 0. The van der Waals surface area contributed by atoms with Gasteiger partial charge in [-0.3, -0.25) is 9.69 Å². The second-order valence-electron chi connectivity index (χ2n) is 4.74. The number of halogens is 3. The highest BCUT2D eigenvalue weighted by Gasteiger charge is 2.27. The number of nitrogens with zero attached hydrogens (tertiary/aromatic N) is 1. The third-order valence-corrected chi connectivity index (χ3v) is 3.34. The van der Waals surface area contributed by atoms with Crippen molar-refractivity contribution >= 4 is 5.97 Å². The fraction of sp³-hybridized carbons (Fsp3) is 0.462. The maximum atomic E-state index is 13.1. The van der Waals surface area contributed by atoms with Gasteiger partial charge in [0.25, 0.3) is 0 Å². The summed E-state index contributed by atoms with van der Waals surface area (Å²) in [5.74, 6) is -4.81. The largest absolute Gasteiger partial charge is 0.481 e. The molecule has 19 heavy (non-hydrogen) atoms. The topological polar surface area (TPSA) is 40.5 Å². The van der Waals surface area contributed by atoms with E-state index in [9.17, 15) is 18.0 Å². The third-order valence-electron chi connectivity index (χ3n) is 3.34. The van der Waals surface area contributed by atoms with Crippen LogP contribution < -0.4 is 0 Å². The monoisotopic (exact) mass is 273 g/mol. The number of hydrogen-bond donors (Lipinski definition) is 1. The van der Waals surface area contributed by atoms with E-state index in [2.05, 4.69) is 0 Å². The molecule has 1 N–H and O–H groups in total. The van der Waals surface area contributed by atoms with Gasteiger partial charge >= 0.3 is 5.97 Å². The quantitative estimate of drug-likeness (QED) is 0.857. The second-order valence-corrected chi connectivity index (χ2v) is 4.74. The van der Waals surface area contributed by atoms with E-state index in [4.69, 9.17) is 5.11 Å². The number of carboxylic acid groups (broad SMARTS) is 1. The molecular formula is C13H14F3NO2. The van der Waals surface area contributed by atoms with E-state index >= 15 is 0 Å². The summed E-state index contributed by atoms with van der Waals surface area (Å²) in [5, 5.41) is 8.79. The average Bonchev–Trinajstić information content (AvgIpc) is 2.72. The zero-order chi connectivity index (χ0) is 14.0. The van der Waals surface area contributed by atoms with Crippen LogP contribution in [0.25, 0.3) is 0 Å². The molecule has 0 bridgehead atoms. The molecule has 1 aliphatic rings. The Kier molecular flexibility index (Phi) is 4.09. The first-order chi connectivity index (χ1) is 8.97. The Labute approximate surface area is 108 Å². The van der Waals surface area contributed by atoms with Crippen LogP contribution in [0.4, 0.5) is 13.2 Å². The van der Waals surface area contributed by atoms with Crippen molar-refractivity contribution in [1.82, 2.24) is 4.90 Å². The van der Waals surface area contributed by atoms with Crippen molar-refractivity contribution in [3.05, 3.63) is 35.1 Å². The van der Waals surface area contributed by atoms with Gasteiger partial charge in [0, 0.05) is 12.6 Å². The predicted molar refractivity (Wildman–Crippen MR) is 62.0 cm³/mol. The van der Waals surface area contributed by atoms with Crippen molar-refractivity contribution in [3.8, 4) is 0 Å². The van der Waals surface area contributed by atoms with Gasteiger partial charge in [0.2, 0.25) is 0 Å². The summed E-state index contributed by atoms with van der Waals surface area (Å²) in [6, 6.07) is 1.78. The summed E-state index contributed by atoms with van der Waals surface area (Å²) in [6.45, 7) is 0.907. The standard InChI is InChI=1S/C13H14F3NO2/c14-10-4-8(5-11(15)13(10)16)7-17-3-1-2-9(17)6-12(18)19/h4-5,9H,1-3,6-7H2,(H,18,19). The Hall–Kier alpha value is -1.56. The molecule has 1 heterocycles. The second kappa shape index (κ2) is 5.61. The van der Waals surface area contributed by atoms with Crippen LogP contribution in [0.15, 0.2) is 12.1 Å². The number of likely N-dealkylation sites (tertiary alicyclic amines) is 1. The molecule has 1 aromatic rings. The Bertz CT molecular complexity index is 470. The first-order valence-electron chi connectivity index (χ1n) is 6.06. The van der Waals surface area contributed by atoms with E-state index in [0.717, 1.165) is 25.0 Å². The number of aliphatic carboxylic acids is 1. The molecule has 1 fully saturated rings. The average molecular weight is 273 g/mol. The lowest BCUT2D eigenvalue weighted by Crippen LogP contribution is -2.31. The molecule has 0 aromatic heterocycles. The van der Waals surface area contributed by atoms with E-state index in [1.54, 1.807) is 0 Å². The van der Waals surface area contributed by atoms with Gasteiger partial charge in [0.05, 0.1) is 6.42 Å². The number of carbonyl (C=O) groups is 1. The Morgan fingerprint density at radius 2 is 1.95 bits per heavy atom. The van der Waals surface area contributed by atoms with Crippen molar-refractivity contribution in [1.29, 1.82) is 0 Å². The van der Waals surface area contributed by atoms with Crippen molar-refractivity contribution in [3.63, 3.8) is 0 Å². The van der Waals surface area contributed by atoms with Crippen molar-refractivity contribution < 1.29 is 23.1 Å². The maximum absolute atomic E-state index is 13.1. The number of rotatable bonds is 4. The lowest BCUT2D eigenvalue weighted by Gasteiger charge is -2.23. The minimum Gasteiger partial charge on any atom is -0.481 e. The molecule has 104 valence electrons. The normalized spacial score (nSPS) is 19.8. The summed E-state index contributed by atoms with van der Waals surface area (Å²) in [4.78, 5) is 12.6. The zero-order valence-corrected chi connectivity index (χ0v) is 10.2. The van der Waals surface area contributed by atoms with Crippen LogP contribution in [0.1, 0.15) is 24.8 Å². The molecule has 1 saturated heterocycles. The Morgan fingerprint density at radius 1 is 1.32 bits per heavy atom. The highest BCUT2D eigenvalue weighted by atomic mass is 19.2. The molecule has 2 rings (SSSR count). The van der Waals surface area contributed by atoms with Crippen molar-refractivity contribution in [2.24, 2.45) is 0 Å². The highest BCUT2D eigenvalue weighted by molar-refractivity contribution is 5.67. The smallest absolute Gasteiger partial charge is 0.304 e. The first kappa shape index (κ1) is 13.9. The molecule has 0 radical (unpaired) electrons. The van der Waals surface area contributed by atoms with Crippen LogP contribution in [0.3, 0.4) is 0 Å². The van der Waals surface area contributed by atoms with Gasteiger partial charge < -0.3 is 5.11 Å². The van der Waals surface area contributed by atoms with E-state index in [1.165, 1.54) is 0 Å².